The van der Waals surface area contributed by atoms with Crippen LogP contribution in [0.1, 0.15) is 25.3 Å². The van der Waals surface area contributed by atoms with Crippen LogP contribution in [0.25, 0.3) is 0 Å². The normalized spacial score (nSPS) is 13.7. The van der Waals surface area contributed by atoms with Gasteiger partial charge in [0.25, 0.3) is 5.91 Å². The lowest BCUT2D eigenvalue weighted by Gasteiger charge is -2.09. The Balaban J connectivity index is 1.51. The molecule has 2 aromatic rings. The quantitative estimate of drug-likeness (QED) is 0.354. The fraction of sp³-hybridized carbons (Fsp3) is 0.250. The summed E-state index contributed by atoms with van der Waals surface area (Å²) in [7, 11) is 0. The van der Waals surface area contributed by atoms with E-state index in [-0.39, 0.29) is 34.2 Å². The molecule has 2 amide bonds. The zero-order valence-electron chi connectivity index (χ0n) is 15.5. The Morgan fingerprint density at radius 3 is 2.38 bits per heavy atom. The summed E-state index contributed by atoms with van der Waals surface area (Å²) in [6.45, 7) is 1.47. The first-order valence-corrected chi connectivity index (χ1v) is 9.98. The smallest absolute Gasteiger partial charge is 0.277 e. The zero-order chi connectivity index (χ0) is 21.0. The van der Waals surface area contributed by atoms with Crippen molar-refractivity contribution in [2.75, 3.05) is 11.9 Å². The van der Waals surface area contributed by atoms with Gasteiger partial charge in [-0.05, 0) is 43.5 Å². The van der Waals surface area contributed by atoms with E-state index in [0.717, 1.165) is 24.1 Å². The zero-order valence-corrected chi connectivity index (χ0v) is 17.7. The van der Waals surface area contributed by atoms with E-state index in [2.05, 4.69) is 15.8 Å². The van der Waals surface area contributed by atoms with Crippen molar-refractivity contribution in [3.8, 4) is 5.75 Å². The molecule has 1 fully saturated rings. The molecule has 0 bridgehead atoms. The molecule has 1 aliphatic carbocycles. The minimum Gasteiger partial charge on any atom is -0.482 e. The molecule has 0 unspecified atom stereocenters. The van der Waals surface area contributed by atoms with Crippen molar-refractivity contribution < 1.29 is 14.3 Å². The van der Waals surface area contributed by atoms with Gasteiger partial charge in [0.05, 0.1) is 20.8 Å². The number of anilines is 1. The van der Waals surface area contributed by atoms with E-state index in [1.165, 1.54) is 12.1 Å². The van der Waals surface area contributed by atoms with Crippen LogP contribution in [0.4, 0.5) is 5.69 Å². The second kappa shape index (κ2) is 9.48. The molecule has 0 aliphatic heterocycles. The van der Waals surface area contributed by atoms with Crippen LogP contribution in [0.5, 0.6) is 5.75 Å². The summed E-state index contributed by atoms with van der Waals surface area (Å²) in [5, 5.41) is 7.75. The van der Waals surface area contributed by atoms with Gasteiger partial charge in [0, 0.05) is 17.7 Å². The molecular formula is C20H18Cl3N3O3. The van der Waals surface area contributed by atoms with Gasteiger partial charge in [-0.15, -0.1) is 0 Å². The summed E-state index contributed by atoms with van der Waals surface area (Å²) >= 11 is 17.8. The topological polar surface area (TPSA) is 79.8 Å². The standard InChI is InChI=1S/C20H18Cl3N3O3/c1-11(12-4-6-14(7-5-12)24-20(28)13-2-3-13)25-26-19(27)10-29-18-9-16(22)15(21)8-17(18)23/h4-9,13H,2-3,10H2,1H3,(H,24,28)(H,26,27). The first kappa shape index (κ1) is 21.4. The minimum absolute atomic E-state index is 0.0532. The maximum absolute atomic E-state index is 12.0. The van der Waals surface area contributed by atoms with Gasteiger partial charge in [-0.1, -0.05) is 46.9 Å². The molecule has 6 nitrogen and oxygen atoms in total. The van der Waals surface area contributed by atoms with Gasteiger partial charge in [-0.25, -0.2) is 5.43 Å². The fourth-order valence-electron chi connectivity index (χ4n) is 2.39. The lowest BCUT2D eigenvalue weighted by molar-refractivity contribution is -0.123. The van der Waals surface area contributed by atoms with Crippen molar-refractivity contribution in [3.05, 3.63) is 57.0 Å². The maximum atomic E-state index is 12.0. The highest BCUT2D eigenvalue weighted by Gasteiger charge is 2.29. The van der Waals surface area contributed by atoms with Crippen molar-refractivity contribution in [1.82, 2.24) is 5.43 Å². The van der Waals surface area contributed by atoms with Gasteiger partial charge in [0.2, 0.25) is 5.91 Å². The molecule has 0 aromatic heterocycles. The van der Waals surface area contributed by atoms with Crippen molar-refractivity contribution in [2.45, 2.75) is 19.8 Å². The van der Waals surface area contributed by atoms with E-state index in [4.69, 9.17) is 39.5 Å². The first-order chi connectivity index (χ1) is 13.8. The molecule has 29 heavy (non-hydrogen) atoms. The highest BCUT2D eigenvalue weighted by atomic mass is 35.5. The number of halogens is 3. The molecule has 2 N–H and O–H groups in total. The molecule has 9 heteroatoms. The van der Waals surface area contributed by atoms with Crippen molar-refractivity contribution in [2.24, 2.45) is 11.0 Å². The molecule has 0 saturated heterocycles. The molecule has 2 aromatic carbocycles. The van der Waals surface area contributed by atoms with Crippen LogP contribution >= 0.6 is 34.8 Å². The Morgan fingerprint density at radius 2 is 1.72 bits per heavy atom. The molecule has 1 saturated carbocycles. The number of amides is 2. The molecule has 0 spiro atoms. The number of hydrogen-bond donors (Lipinski definition) is 2. The van der Waals surface area contributed by atoms with Crippen LogP contribution in [0.3, 0.4) is 0 Å². The number of benzene rings is 2. The minimum atomic E-state index is -0.459. The Labute approximate surface area is 183 Å². The molecule has 152 valence electrons. The third kappa shape index (κ3) is 6.10. The van der Waals surface area contributed by atoms with Crippen LogP contribution in [0.2, 0.25) is 15.1 Å². The van der Waals surface area contributed by atoms with Gasteiger partial charge in [0.15, 0.2) is 6.61 Å². The third-order valence-electron chi connectivity index (χ3n) is 4.20. The largest absolute Gasteiger partial charge is 0.482 e. The highest BCUT2D eigenvalue weighted by Crippen LogP contribution is 2.33. The van der Waals surface area contributed by atoms with Gasteiger partial charge in [-0.3, -0.25) is 9.59 Å². The maximum Gasteiger partial charge on any atom is 0.277 e. The number of carbonyl (C=O) groups is 2. The summed E-state index contributed by atoms with van der Waals surface area (Å²) in [5.74, 6) is -0.00720. The Morgan fingerprint density at radius 1 is 1.07 bits per heavy atom. The summed E-state index contributed by atoms with van der Waals surface area (Å²) in [6, 6.07) is 10.1. The summed E-state index contributed by atoms with van der Waals surface area (Å²) in [6.07, 6.45) is 1.91. The van der Waals surface area contributed by atoms with E-state index in [1.54, 1.807) is 19.1 Å². The van der Waals surface area contributed by atoms with Gasteiger partial charge >= 0.3 is 0 Å². The van der Waals surface area contributed by atoms with Gasteiger partial charge in [-0.2, -0.15) is 5.10 Å². The Bertz CT molecular complexity index is 957. The molecule has 0 atom stereocenters. The van der Waals surface area contributed by atoms with Crippen molar-refractivity contribution in [1.29, 1.82) is 0 Å². The SMILES string of the molecule is CC(=NNC(=O)COc1cc(Cl)c(Cl)cc1Cl)c1ccc(NC(=O)C2CC2)cc1. The average molecular weight is 455 g/mol. The van der Waals surface area contributed by atoms with Crippen LogP contribution < -0.4 is 15.5 Å². The molecular weight excluding hydrogens is 437 g/mol. The number of nitrogens with zero attached hydrogens (tertiary/aromatic N) is 1. The summed E-state index contributed by atoms with van der Waals surface area (Å²) in [4.78, 5) is 23.7. The predicted octanol–water partition coefficient (Wildman–Crippen LogP) is 4.91. The summed E-state index contributed by atoms with van der Waals surface area (Å²) in [5.41, 5.74) is 4.56. The second-order valence-corrected chi connectivity index (χ2v) is 7.78. The molecule has 3 rings (SSSR count). The number of hydrogen-bond acceptors (Lipinski definition) is 4. The first-order valence-electron chi connectivity index (χ1n) is 8.85. The number of nitrogens with one attached hydrogen (secondary N) is 2. The Kier molecular flexibility index (Phi) is 7.00. The van der Waals surface area contributed by atoms with E-state index in [0.29, 0.717) is 10.7 Å². The third-order valence-corrected chi connectivity index (χ3v) is 5.22. The van der Waals surface area contributed by atoms with Gasteiger partial charge in [0.1, 0.15) is 5.75 Å². The molecule has 1 aliphatic rings. The lowest BCUT2D eigenvalue weighted by atomic mass is 10.1. The van der Waals surface area contributed by atoms with Crippen molar-refractivity contribution >= 4 is 58.0 Å². The predicted molar refractivity (Wildman–Crippen MR) is 115 cm³/mol. The molecule has 0 radical (unpaired) electrons. The fourth-order valence-corrected chi connectivity index (χ4v) is 2.98. The van der Waals surface area contributed by atoms with E-state index in [9.17, 15) is 9.59 Å². The van der Waals surface area contributed by atoms with Crippen LogP contribution in [-0.2, 0) is 9.59 Å². The Hall–Kier alpha value is -2.28. The van der Waals surface area contributed by atoms with E-state index in [1.807, 2.05) is 12.1 Å². The lowest BCUT2D eigenvalue weighted by Crippen LogP contribution is -2.25. The second-order valence-electron chi connectivity index (χ2n) is 6.56. The number of hydrazone groups is 1. The summed E-state index contributed by atoms with van der Waals surface area (Å²) < 4.78 is 5.35. The van der Waals surface area contributed by atoms with Crippen LogP contribution in [-0.4, -0.2) is 24.1 Å². The molecule has 0 heterocycles. The van der Waals surface area contributed by atoms with E-state index >= 15 is 0 Å². The number of ether oxygens (including phenoxy) is 1. The average Bonchev–Trinajstić information content (AvgIpc) is 3.54. The number of rotatable bonds is 7. The van der Waals surface area contributed by atoms with Crippen LogP contribution in [0.15, 0.2) is 41.5 Å². The number of carbonyl (C=O) groups excluding carboxylic acids is 2. The monoisotopic (exact) mass is 453 g/mol. The van der Waals surface area contributed by atoms with Gasteiger partial charge < -0.3 is 10.1 Å². The van der Waals surface area contributed by atoms with Crippen LogP contribution in [0, 0.1) is 5.92 Å². The van der Waals surface area contributed by atoms with E-state index < -0.39 is 5.91 Å². The highest BCUT2D eigenvalue weighted by molar-refractivity contribution is 6.43. The van der Waals surface area contributed by atoms with Crippen molar-refractivity contribution in [3.63, 3.8) is 0 Å².